The van der Waals surface area contributed by atoms with Gasteiger partial charge in [-0.05, 0) is 34.7 Å². The second kappa shape index (κ2) is 10.6. The predicted molar refractivity (Wildman–Crippen MR) is 166 cm³/mol. The molecular weight excluding hydrogens is 714 g/mol. The zero-order valence-electron chi connectivity index (χ0n) is 24.3. The van der Waals surface area contributed by atoms with Crippen molar-refractivity contribution in [2.75, 3.05) is 0 Å². The van der Waals surface area contributed by atoms with E-state index in [4.69, 9.17) is 9.72 Å². The molecule has 3 aromatic carbocycles. The van der Waals surface area contributed by atoms with Gasteiger partial charge in [-0.3, -0.25) is 4.98 Å². The van der Waals surface area contributed by atoms with Crippen LogP contribution in [0.2, 0.25) is 0 Å². The van der Waals surface area contributed by atoms with Crippen molar-refractivity contribution in [1.29, 1.82) is 0 Å². The first-order chi connectivity index (χ1) is 20.8. The molecule has 0 atom stereocenters. The first kappa shape index (κ1) is 27.3. The maximum atomic E-state index is 6.36. The maximum absolute atomic E-state index is 6.36. The number of aryl methyl sites for hydroxylation is 1. The van der Waals surface area contributed by atoms with Crippen LogP contribution >= 0.6 is 0 Å². The standard InChI is InChI=1S/C36H29N5O.Pt/c1-36(2,3)27-9-12-33-32(20-27)31-11-10-30(42-29-7-5-6-28(21-29)40-19-18-39(4)24-40)22-34(31)41(33)35-13-8-26(23-38-35)25-14-16-37-17-15-25;/h5-20,23H,1-4H3;/q-2;. The summed E-state index contributed by atoms with van der Waals surface area (Å²) >= 11 is 2.31. The van der Waals surface area contributed by atoms with E-state index in [2.05, 4.69) is 107 Å². The monoisotopic (exact) mass is 742 g/mol. The molecule has 0 fully saturated rings. The van der Waals surface area contributed by atoms with E-state index in [9.17, 15) is 0 Å². The van der Waals surface area contributed by atoms with Gasteiger partial charge in [-0.25, -0.2) is 0 Å². The number of ether oxygens (including phenoxy) is 1. The van der Waals surface area contributed by atoms with Crippen molar-refractivity contribution in [2.24, 2.45) is 7.05 Å². The quantitative estimate of drug-likeness (QED) is 0.168. The molecule has 0 aliphatic heterocycles. The number of pyridine rings is 2. The summed E-state index contributed by atoms with van der Waals surface area (Å²) in [5.41, 5.74) is 6.31. The predicted octanol–water partition coefficient (Wildman–Crippen LogP) is 8.14. The summed E-state index contributed by atoms with van der Waals surface area (Å²) in [4.78, 5) is 9.05. The number of benzene rings is 3. The summed E-state index contributed by atoms with van der Waals surface area (Å²) in [7, 11) is 2.02. The van der Waals surface area contributed by atoms with Gasteiger partial charge < -0.3 is 0 Å². The van der Waals surface area contributed by atoms with E-state index >= 15 is 0 Å². The van der Waals surface area contributed by atoms with E-state index in [0.717, 1.165) is 48.2 Å². The third kappa shape index (κ3) is 5.06. The van der Waals surface area contributed by atoms with Crippen molar-refractivity contribution in [1.82, 2.24) is 23.7 Å². The summed E-state index contributed by atoms with van der Waals surface area (Å²) in [6, 6.07) is 31.9. The summed E-state index contributed by atoms with van der Waals surface area (Å²) in [6.07, 6.45) is 9.55. The number of hydrogen-bond acceptors (Lipinski definition) is 3. The SMILES string of the molecule is Cn1ccn(-c2[c-]c(Oc3[c-]c4c(cc3)c3cc(C(C)(C)C)ccc3n4-c3ccc(-c4ccncc4)cn3)ccc2)[c]1=[Pt]. The van der Waals surface area contributed by atoms with Gasteiger partial charge in [-0.1, -0.05) is 26.8 Å². The molecule has 0 radical (unpaired) electrons. The molecule has 0 amide bonds. The van der Waals surface area contributed by atoms with Crippen LogP contribution in [0.25, 0.3) is 44.4 Å². The summed E-state index contributed by atoms with van der Waals surface area (Å²) in [5.74, 6) is 2.05. The molecule has 7 rings (SSSR count). The first-order valence-corrected chi connectivity index (χ1v) is 15.2. The average molecular weight is 743 g/mol. The molecule has 7 heteroatoms. The van der Waals surface area contributed by atoms with E-state index < -0.39 is 0 Å². The Hall–Kier alpha value is -4.54. The average Bonchev–Trinajstić information content (AvgIpc) is 3.52. The molecular formula is C36H29N5OPt-2. The number of aromatic nitrogens is 5. The van der Waals surface area contributed by atoms with Gasteiger partial charge in [0.15, 0.2) is 0 Å². The number of nitrogens with zero attached hydrogens (tertiary/aromatic N) is 5. The van der Waals surface area contributed by atoms with E-state index in [1.54, 1.807) is 12.4 Å². The molecule has 0 bridgehead atoms. The topological polar surface area (TPSA) is 49.8 Å². The van der Waals surface area contributed by atoms with Crippen molar-refractivity contribution in [2.45, 2.75) is 26.2 Å². The van der Waals surface area contributed by atoms with Crippen LogP contribution in [0.4, 0.5) is 0 Å². The zero-order valence-corrected chi connectivity index (χ0v) is 26.5. The van der Waals surface area contributed by atoms with Gasteiger partial charge >= 0.3 is 171 Å². The molecule has 0 spiro atoms. The fraction of sp³-hybridized carbons (Fsp3) is 0.139. The van der Waals surface area contributed by atoms with Crippen LogP contribution in [0.15, 0.2) is 104 Å². The van der Waals surface area contributed by atoms with E-state index in [1.165, 1.54) is 5.56 Å². The van der Waals surface area contributed by atoms with Crippen LogP contribution in [0.3, 0.4) is 0 Å². The molecule has 4 heterocycles. The summed E-state index contributed by atoms with van der Waals surface area (Å²) in [5, 5.41) is 2.26. The van der Waals surface area contributed by atoms with Gasteiger partial charge in [0.25, 0.3) is 0 Å². The summed E-state index contributed by atoms with van der Waals surface area (Å²) < 4.78 is 13.7. The van der Waals surface area contributed by atoms with Crippen molar-refractivity contribution >= 4 is 21.8 Å². The van der Waals surface area contributed by atoms with Crippen LogP contribution in [0, 0.1) is 15.9 Å². The Morgan fingerprint density at radius 3 is 2.35 bits per heavy atom. The molecule has 0 aliphatic rings. The van der Waals surface area contributed by atoms with E-state index in [1.807, 2.05) is 62.0 Å². The number of imidazole rings is 1. The van der Waals surface area contributed by atoms with Gasteiger partial charge in [0.2, 0.25) is 0 Å². The van der Waals surface area contributed by atoms with Crippen LogP contribution < -0.4 is 4.74 Å². The van der Waals surface area contributed by atoms with Gasteiger partial charge in [0.05, 0.1) is 0 Å². The molecule has 0 unspecified atom stereocenters. The van der Waals surface area contributed by atoms with Crippen LogP contribution in [-0.4, -0.2) is 23.7 Å². The van der Waals surface area contributed by atoms with Crippen molar-refractivity contribution < 1.29 is 24.1 Å². The number of fused-ring (bicyclic) bond motifs is 3. The second-order valence-electron chi connectivity index (χ2n) is 11.6. The van der Waals surface area contributed by atoms with Gasteiger partial charge in [0, 0.05) is 24.2 Å². The molecule has 7 aromatic rings. The molecule has 4 aromatic heterocycles. The van der Waals surface area contributed by atoms with E-state index in [0.29, 0.717) is 11.5 Å². The Kier molecular flexibility index (Phi) is 6.75. The Balaban J connectivity index is 1.35. The van der Waals surface area contributed by atoms with E-state index in [-0.39, 0.29) is 5.41 Å². The molecule has 0 saturated heterocycles. The molecule has 0 N–H and O–H groups in total. The number of hydrogen-bond donors (Lipinski definition) is 0. The van der Waals surface area contributed by atoms with Crippen LogP contribution in [0.1, 0.15) is 26.3 Å². The Labute approximate surface area is 261 Å². The molecule has 6 nitrogen and oxygen atoms in total. The summed E-state index contributed by atoms with van der Waals surface area (Å²) in [6.45, 7) is 6.72. The fourth-order valence-electron chi connectivity index (χ4n) is 5.30. The molecule has 216 valence electrons. The third-order valence-electron chi connectivity index (χ3n) is 7.63. The molecule has 43 heavy (non-hydrogen) atoms. The van der Waals surface area contributed by atoms with Crippen LogP contribution in [-0.2, 0) is 31.8 Å². The van der Waals surface area contributed by atoms with Crippen molar-refractivity contribution in [3.05, 3.63) is 125 Å². The third-order valence-corrected chi connectivity index (χ3v) is 8.98. The Bertz CT molecular complexity index is 2170. The van der Waals surface area contributed by atoms with Gasteiger partial charge in [-0.2, -0.15) is 0 Å². The minimum atomic E-state index is 0.0231. The van der Waals surface area contributed by atoms with Crippen LogP contribution in [0.5, 0.6) is 11.5 Å². The first-order valence-electron chi connectivity index (χ1n) is 14.0. The minimum absolute atomic E-state index is 0.0231. The molecule has 0 saturated carbocycles. The zero-order chi connectivity index (χ0) is 29.7. The van der Waals surface area contributed by atoms with Crippen molar-refractivity contribution in [3.63, 3.8) is 0 Å². The number of rotatable bonds is 5. The fourth-order valence-corrected chi connectivity index (χ4v) is 5.91. The molecule has 0 aliphatic carbocycles. The normalized spacial score (nSPS) is 11.9. The van der Waals surface area contributed by atoms with Gasteiger partial charge in [-0.15, -0.1) is 0 Å². The Morgan fingerprint density at radius 1 is 0.814 bits per heavy atom. The second-order valence-corrected chi connectivity index (χ2v) is 12.6. The van der Waals surface area contributed by atoms with Gasteiger partial charge in [0.1, 0.15) is 0 Å². The Morgan fingerprint density at radius 2 is 1.63 bits per heavy atom. The van der Waals surface area contributed by atoms with Crippen molar-refractivity contribution in [3.8, 4) is 34.1 Å².